The fraction of sp³-hybridized carbons (Fsp3) is 0.500. The number of carbonyl (C=O) groups is 1. The average Bonchev–Trinajstić information content (AvgIpc) is 2.89. The van der Waals surface area contributed by atoms with E-state index in [2.05, 4.69) is 21.2 Å². The largest absolute Gasteiger partial charge is 0.349 e. The van der Waals surface area contributed by atoms with Crippen molar-refractivity contribution in [3.8, 4) is 0 Å². The van der Waals surface area contributed by atoms with Gasteiger partial charge in [-0.15, -0.1) is 0 Å². The number of nitrogens with one attached hydrogen (secondary N) is 1. The first-order valence-corrected chi connectivity index (χ1v) is 7.29. The molecule has 3 unspecified atom stereocenters. The second-order valence-corrected chi connectivity index (χ2v) is 6.41. The van der Waals surface area contributed by atoms with E-state index >= 15 is 0 Å². The van der Waals surface area contributed by atoms with Crippen LogP contribution in [0.1, 0.15) is 36.0 Å². The van der Waals surface area contributed by atoms with Gasteiger partial charge < -0.3 is 5.32 Å². The highest BCUT2D eigenvalue weighted by atomic mass is 79.9. The maximum atomic E-state index is 13.7. The van der Waals surface area contributed by atoms with Gasteiger partial charge in [-0.1, -0.05) is 22.4 Å². The fourth-order valence-corrected chi connectivity index (χ4v) is 3.82. The van der Waals surface area contributed by atoms with E-state index in [1.807, 2.05) is 0 Å². The number of carbonyl (C=O) groups excluding carboxylic acids is 1. The normalized spacial score (nSPS) is 28.7. The zero-order valence-corrected chi connectivity index (χ0v) is 11.8. The molecule has 2 aliphatic rings. The highest BCUT2D eigenvalue weighted by Crippen LogP contribution is 2.44. The Morgan fingerprint density at radius 3 is 2.42 bits per heavy atom. The van der Waals surface area contributed by atoms with Crippen molar-refractivity contribution in [2.45, 2.75) is 31.7 Å². The Morgan fingerprint density at radius 2 is 1.89 bits per heavy atom. The van der Waals surface area contributed by atoms with Crippen molar-refractivity contribution < 1.29 is 13.6 Å². The molecule has 3 rings (SSSR count). The molecule has 2 nitrogen and oxygen atoms in total. The maximum absolute atomic E-state index is 13.7. The molecule has 1 aromatic rings. The molecular weight excluding hydrogens is 316 g/mol. The zero-order chi connectivity index (χ0) is 13.6. The third-order valence-electron chi connectivity index (χ3n) is 4.29. The van der Waals surface area contributed by atoms with Crippen molar-refractivity contribution in [2.24, 2.45) is 11.8 Å². The molecule has 2 aliphatic carbocycles. The lowest BCUT2D eigenvalue weighted by Gasteiger charge is -2.23. The molecule has 0 spiro atoms. The molecule has 19 heavy (non-hydrogen) atoms. The van der Waals surface area contributed by atoms with Gasteiger partial charge in [-0.2, -0.15) is 0 Å². The van der Waals surface area contributed by atoms with Crippen LogP contribution < -0.4 is 5.32 Å². The lowest BCUT2D eigenvalue weighted by Crippen LogP contribution is -2.39. The Morgan fingerprint density at radius 1 is 1.21 bits per heavy atom. The van der Waals surface area contributed by atoms with E-state index in [9.17, 15) is 13.6 Å². The van der Waals surface area contributed by atoms with Crippen LogP contribution in [0.2, 0.25) is 0 Å². The summed E-state index contributed by atoms with van der Waals surface area (Å²) in [7, 11) is 0. The molecule has 2 saturated carbocycles. The summed E-state index contributed by atoms with van der Waals surface area (Å²) in [5, 5.41) is 2.79. The smallest absolute Gasteiger partial charge is 0.257 e. The van der Waals surface area contributed by atoms with Crippen LogP contribution in [0.5, 0.6) is 0 Å². The first-order valence-electron chi connectivity index (χ1n) is 6.50. The molecule has 1 N–H and O–H groups in total. The maximum Gasteiger partial charge on any atom is 0.257 e. The molecule has 1 amide bonds. The molecule has 5 heteroatoms. The van der Waals surface area contributed by atoms with E-state index in [1.54, 1.807) is 0 Å². The summed E-state index contributed by atoms with van der Waals surface area (Å²) >= 11 is 3.00. The molecule has 2 fully saturated rings. The number of halogens is 3. The topological polar surface area (TPSA) is 29.1 Å². The first-order chi connectivity index (χ1) is 9.04. The number of benzene rings is 1. The molecular formula is C14H14BrF2NO. The number of rotatable bonds is 2. The van der Waals surface area contributed by atoms with Crippen LogP contribution in [0.25, 0.3) is 0 Å². The van der Waals surface area contributed by atoms with Gasteiger partial charge in [0.15, 0.2) is 0 Å². The Kier molecular flexibility index (Phi) is 3.33. The summed E-state index contributed by atoms with van der Waals surface area (Å²) in [6.45, 7) is 0. The molecule has 0 aliphatic heterocycles. The third kappa shape index (κ3) is 2.40. The van der Waals surface area contributed by atoms with Gasteiger partial charge in [-0.3, -0.25) is 4.79 Å². The van der Waals surface area contributed by atoms with Crippen molar-refractivity contribution in [1.82, 2.24) is 5.32 Å². The van der Waals surface area contributed by atoms with Crippen LogP contribution in [0.15, 0.2) is 16.6 Å². The molecule has 3 atom stereocenters. The summed E-state index contributed by atoms with van der Waals surface area (Å²) in [5.41, 5.74) is -0.481. The van der Waals surface area contributed by atoms with Gasteiger partial charge in [0.05, 0.1) is 0 Å². The van der Waals surface area contributed by atoms with E-state index < -0.39 is 23.1 Å². The minimum atomic E-state index is -0.826. The summed E-state index contributed by atoms with van der Waals surface area (Å²) in [4.78, 5) is 12.0. The number of hydrogen-bond acceptors (Lipinski definition) is 1. The van der Waals surface area contributed by atoms with E-state index in [4.69, 9.17) is 0 Å². The quantitative estimate of drug-likeness (QED) is 0.881. The van der Waals surface area contributed by atoms with E-state index in [0.717, 1.165) is 31.4 Å². The number of hydrogen-bond donors (Lipinski definition) is 1. The molecule has 0 saturated heterocycles. The van der Waals surface area contributed by atoms with Gasteiger partial charge in [-0.25, -0.2) is 8.78 Å². The van der Waals surface area contributed by atoms with E-state index in [1.165, 1.54) is 6.42 Å². The monoisotopic (exact) mass is 329 g/mol. The summed E-state index contributed by atoms with van der Waals surface area (Å²) in [6.07, 6.45) is 4.41. The van der Waals surface area contributed by atoms with Gasteiger partial charge in [-0.05, 0) is 43.2 Å². The van der Waals surface area contributed by atoms with Crippen molar-refractivity contribution in [2.75, 3.05) is 0 Å². The Labute approximate surface area is 118 Å². The SMILES string of the molecule is O=C(NC1CC2CCC1C2)c1c(F)cc(Br)cc1F. The lowest BCUT2D eigenvalue weighted by atomic mass is 9.95. The van der Waals surface area contributed by atoms with E-state index in [-0.39, 0.29) is 6.04 Å². The van der Waals surface area contributed by atoms with Gasteiger partial charge in [0, 0.05) is 10.5 Å². The predicted molar refractivity (Wildman–Crippen MR) is 70.8 cm³/mol. The van der Waals surface area contributed by atoms with Crippen molar-refractivity contribution in [1.29, 1.82) is 0 Å². The Hall–Kier alpha value is -0.970. The molecule has 102 valence electrons. The average molecular weight is 330 g/mol. The van der Waals surface area contributed by atoms with Crippen LogP contribution >= 0.6 is 15.9 Å². The van der Waals surface area contributed by atoms with E-state index in [0.29, 0.717) is 16.3 Å². The molecule has 0 radical (unpaired) electrons. The van der Waals surface area contributed by atoms with Gasteiger partial charge in [0.25, 0.3) is 5.91 Å². The second kappa shape index (κ2) is 4.85. The van der Waals surface area contributed by atoms with Crippen LogP contribution in [0.3, 0.4) is 0 Å². The van der Waals surface area contributed by atoms with Gasteiger partial charge in [0.2, 0.25) is 0 Å². The second-order valence-electron chi connectivity index (χ2n) is 5.50. The molecule has 1 aromatic carbocycles. The highest BCUT2D eigenvalue weighted by molar-refractivity contribution is 9.10. The minimum absolute atomic E-state index is 0.0775. The standard InChI is InChI=1S/C14H14BrF2NO/c15-9-5-10(16)13(11(17)6-9)14(19)18-12-4-7-1-2-8(12)3-7/h5-8,12H,1-4H2,(H,18,19). The van der Waals surface area contributed by atoms with Crippen molar-refractivity contribution in [3.63, 3.8) is 0 Å². The Bertz CT molecular complexity index is 511. The van der Waals surface area contributed by atoms with Gasteiger partial charge >= 0.3 is 0 Å². The van der Waals surface area contributed by atoms with Crippen LogP contribution in [0, 0.1) is 23.5 Å². The molecule has 2 bridgehead atoms. The van der Waals surface area contributed by atoms with Crippen LogP contribution in [-0.4, -0.2) is 11.9 Å². The predicted octanol–water partition coefficient (Wildman–Crippen LogP) is 3.65. The summed E-state index contributed by atoms with van der Waals surface area (Å²) in [6, 6.07) is 2.30. The van der Waals surface area contributed by atoms with Crippen LogP contribution in [-0.2, 0) is 0 Å². The van der Waals surface area contributed by atoms with Crippen molar-refractivity contribution in [3.05, 3.63) is 33.8 Å². The molecule has 0 heterocycles. The molecule has 0 aromatic heterocycles. The summed E-state index contributed by atoms with van der Waals surface area (Å²) in [5.74, 6) is -1.13. The number of amides is 1. The fourth-order valence-electron chi connectivity index (χ4n) is 3.42. The zero-order valence-electron chi connectivity index (χ0n) is 10.3. The summed E-state index contributed by atoms with van der Waals surface area (Å²) < 4.78 is 27.7. The lowest BCUT2D eigenvalue weighted by molar-refractivity contribution is 0.0914. The number of fused-ring (bicyclic) bond motifs is 2. The highest BCUT2D eigenvalue weighted by Gasteiger charge is 2.40. The Balaban J connectivity index is 1.77. The minimum Gasteiger partial charge on any atom is -0.349 e. The first kappa shape index (κ1) is 13.0. The third-order valence-corrected chi connectivity index (χ3v) is 4.75. The van der Waals surface area contributed by atoms with Crippen molar-refractivity contribution >= 4 is 21.8 Å². The van der Waals surface area contributed by atoms with Crippen LogP contribution in [0.4, 0.5) is 8.78 Å². The van der Waals surface area contributed by atoms with Gasteiger partial charge in [0.1, 0.15) is 17.2 Å².